The van der Waals surface area contributed by atoms with Crippen molar-refractivity contribution >= 4 is 0 Å². The molecule has 3 rings (SSSR count). The SMILES string of the molecule is FC1(c2ccc(OC3CC3)cc2)CCCNCC1. The van der Waals surface area contributed by atoms with E-state index in [1.165, 1.54) is 0 Å². The summed E-state index contributed by atoms with van der Waals surface area (Å²) < 4.78 is 20.6. The summed E-state index contributed by atoms with van der Waals surface area (Å²) in [6, 6.07) is 7.60. The number of hydrogen-bond donors (Lipinski definition) is 1. The molecule has 1 aliphatic heterocycles. The van der Waals surface area contributed by atoms with Crippen molar-refractivity contribution in [1.82, 2.24) is 5.32 Å². The molecule has 98 valence electrons. The maximum atomic E-state index is 14.9. The Morgan fingerprint density at radius 3 is 2.61 bits per heavy atom. The van der Waals surface area contributed by atoms with Gasteiger partial charge in [0.15, 0.2) is 0 Å². The molecule has 2 aliphatic rings. The first-order valence-electron chi connectivity index (χ1n) is 6.93. The number of rotatable bonds is 3. The van der Waals surface area contributed by atoms with E-state index in [0.717, 1.165) is 43.7 Å². The molecule has 1 unspecified atom stereocenters. The summed E-state index contributed by atoms with van der Waals surface area (Å²) in [6.07, 6.45) is 4.79. The Labute approximate surface area is 108 Å². The molecule has 1 heterocycles. The third-order valence-electron chi connectivity index (χ3n) is 3.82. The average Bonchev–Trinajstić information content (AvgIpc) is 3.19. The van der Waals surface area contributed by atoms with Crippen molar-refractivity contribution in [3.8, 4) is 5.75 Å². The molecule has 18 heavy (non-hydrogen) atoms. The molecule has 1 aromatic carbocycles. The number of nitrogens with one attached hydrogen (secondary N) is 1. The van der Waals surface area contributed by atoms with Crippen LogP contribution in [0.5, 0.6) is 5.75 Å². The molecular weight excluding hydrogens is 229 g/mol. The first-order valence-corrected chi connectivity index (χ1v) is 6.93. The van der Waals surface area contributed by atoms with Crippen LogP contribution in [0.4, 0.5) is 4.39 Å². The molecule has 0 spiro atoms. The van der Waals surface area contributed by atoms with Gasteiger partial charge in [-0.1, -0.05) is 12.1 Å². The average molecular weight is 249 g/mol. The highest BCUT2D eigenvalue weighted by molar-refractivity contribution is 5.31. The molecule has 2 nitrogen and oxygen atoms in total. The molecule has 3 heteroatoms. The van der Waals surface area contributed by atoms with Crippen LogP contribution in [-0.4, -0.2) is 19.2 Å². The number of ether oxygens (including phenoxy) is 1. The van der Waals surface area contributed by atoms with E-state index in [-0.39, 0.29) is 0 Å². The Kier molecular flexibility index (Phi) is 3.25. The fourth-order valence-electron chi connectivity index (χ4n) is 2.53. The van der Waals surface area contributed by atoms with Gasteiger partial charge in [0.25, 0.3) is 0 Å². The Morgan fingerprint density at radius 2 is 1.89 bits per heavy atom. The van der Waals surface area contributed by atoms with E-state index in [1.807, 2.05) is 24.3 Å². The molecule has 1 aliphatic carbocycles. The summed E-state index contributed by atoms with van der Waals surface area (Å²) in [5, 5.41) is 3.25. The van der Waals surface area contributed by atoms with Crippen LogP contribution in [0.15, 0.2) is 24.3 Å². The fraction of sp³-hybridized carbons (Fsp3) is 0.600. The van der Waals surface area contributed by atoms with Gasteiger partial charge >= 0.3 is 0 Å². The van der Waals surface area contributed by atoms with Crippen LogP contribution < -0.4 is 10.1 Å². The summed E-state index contributed by atoms with van der Waals surface area (Å²) in [4.78, 5) is 0. The number of hydrogen-bond acceptors (Lipinski definition) is 2. The van der Waals surface area contributed by atoms with Crippen LogP contribution in [0, 0.1) is 0 Å². The Morgan fingerprint density at radius 1 is 1.11 bits per heavy atom. The van der Waals surface area contributed by atoms with Gasteiger partial charge < -0.3 is 10.1 Å². The second kappa shape index (κ2) is 4.88. The highest BCUT2D eigenvalue weighted by Crippen LogP contribution is 2.37. The van der Waals surface area contributed by atoms with Crippen molar-refractivity contribution in [1.29, 1.82) is 0 Å². The second-order valence-electron chi connectivity index (χ2n) is 5.41. The monoisotopic (exact) mass is 249 g/mol. The van der Waals surface area contributed by atoms with Crippen molar-refractivity contribution in [2.45, 2.75) is 43.9 Å². The Balaban J connectivity index is 1.73. The van der Waals surface area contributed by atoms with E-state index in [2.05, 4.69) is 5.32 Å². The molecule has 1 aromatic rings. The predicted octanol–water partition coefficient (Wildman–Crippen LogP) is 3.17. The maximum Gasteiger partial charge on any atom is 0.137 e. The van der Waals surface area contributed by atoms with Crippen molar-refractivity contribution in [2.75, 3.05) is 13.1 Å². The lowest BCUT2D eigenvalue weighted by Crippen LogP contribution is -2.22. The molecule has 0 aromatic heterocycles. The predicted molar refractivity (Wildman–Crippen MR) is 69.6 cm³/mol. The van der Waals surface area contributed by atoms with E-state index >= 15 is 0 Å². The van der Waals surface area contributed by atoms with E-state index < -0.39 is 5.67 Å². The highest BCUT2D eigenvalue weighted by atomic mass is 19.1. The van der Waals surface area contributed by atoms with Gasteiger partial charge in [-0.3, -0.25) is 0 Å². The summed E-state index contributed by atoms with van der Waals surface area (Å²) >= 11 is 0. The molecule has 1 saturated heterocycles. The van der Waals surface area contributed by atoms with Crippen LogP contribution in [0.2, 0.25) is 0 Å². The molecule has 0 amide bonds. The summed E-state index contributed by atoms with van der Waals surface area (Å²) in [5.74, 6) is 0.872. The Hall–Kier alpha value is -1.09. The van der Waals surface area contributed by atoms with Gasteiger partial charge in [0.05, 0.1) is 6.10 Å². The third kappa shape index (κ3) is 2.66. The van der Waals surface area contributed by atoms with Gasteiger partial charge in [-0.2, -0.15) is 0 Å². The lowest BCUT2D eigenvalue weighted by Gasteiger charge is -2.24. The summed E-state index contributed by atoms with van der Waals surface area (Å²) in [5.41, 5.74) is -0.365. The van der Waals surface area contributed by atoms with Crippen LogP contribution in [0.3, 0.4) is 0 Å². The van der Waals surface area contributed by atoms with E-state index in [1.54, 1.807) is 0 Å². The van der Waals surface area contributed by atoms with Gasteiger partial charge in [-0.15, -0.1) is 0 Å². The van der Waals surface area contributed by atoms with Gasteiger partial charge in [0, 0.05) is 0 Å². The minimum absolute atomic E-state index is 0.400. The zero-order valence-corrected chi connectivity index (χ0v) is 10.6. The highest BCUT2D eigenvalue weighted by Gasteiger charge is 2.32. The second-order valence-corrected chi connectivity index (χ2v) is 5.41. The zero-order valence-electron chi connectivity index (χ0n) is 10.6. The number of alkyl halides is 1. The lowest BCUT2D eigenvalue weighted by molar-refractivity contribution is 0.145. The van der Waals surface area contributed by atoms with E-state index in [4.69, 9.17) is 4.74 Å². The minimum Gasteiger partial charge on any atom is -0.490 e. The van der Waals surface area contributed by atoms with Gasteiger partial charge in [-0.25, -0.2) is 4.39 Å². The number of halogens is 1. The molecule has 1 saturated carbocycles. The van der Waals surface area contributed by atoms with Crippen LogP contribution >= 0.6 is 0 Å². The molecule has 0 radical (unpaired) electrons. The largest absolute Gasteiger partial charge is 0.490 e. The summed E-state index contributed by atoms with van der Waals surface area (Å²) in [6.45, 7) is 1.69. The fourth-order valence-corrected chi connectivity index (χ4v) is 2.53. The third-order valence-corrected chi connectivity index (χ3v) is 3.82. The first kappa shape index (κ1) is 12.0. The van der Waals surface area contributed by atoms with Crippen molar-refractivity contribution in [2.24, 2.45) is 0 Å². The number of benzene rings is 1. The molecule has 1 atom stereocenters. The van der Waals surface area contributed by atoms with Gasteiger partial charge in [-0.05, 0) is 62.9 Å². The van der Waals surface area contributed by atoms with Crippen LogP contribution in [0.25, 0.3) is 0 Å². The van der Waals surface area contributed by atoms with E-state index in [0.29, 0.717) is 18.9 Å². The maximum absolute atomic E-state index is 14.9. The first-order chi connectivity index (χ1) is 8.76. The molecule has 1 N–H and O–H groups in total. The molecule has 0 bridgehead atoms. The topological polar surface area (TPSA) is 21.3 Å². The van der Waals surface area contributed by atoms with Gasteiger partial charge in [0.1, 0.15) is 11.4 Å². The summed E-state index contributed by atoms with van der Waals surface area (Å²) in [7, 11) is 0. The van der Waals surface area contributed by atoms with Crippen LogP contribution in [-0.2, 0) is 5.67 Å². The molecule has 2 fully saturated rings. The quantitative estimate of drug-likeness (QED) is 0.888. The van der Waals surface area contributed by atoms with Crippen molar-refractivity contribution in [3.63, 3.8) is 0 Å². The smallest absolute Gasteiger partial charge is 0.137 e. The molecular formula is C15H20FNO. The standard InChI is InChI=1S/C15H20FNO/c16-15(8-1-10-17-11-9-15)12-2-4-13(5-3-12)18-14-6-7-14/h2-5,14,17H,1,6-11H2. The van der Waals surface area contributed by atoms with Gasteiger partial charge in [0.2, 0.25) is 0 Å². The zero-order chi connectivity index (χ0) is 12.4. The minimum atomic E-state index is -1.17. The van der Waals surface area contributed by atoms with Crippen molar-refractivity contribution < 1.29 is 9.13 Å². The normalized spacial score (nSPS) is 28.7. The Bertz CT molecular complexity index is 391. The lowest BCUT2D eigenvalue weighted by atomic mass is 9.89. The van der Waals surface area contributed by atoms with Crippen LogP contribution in [0.1, 0.15) is 37.7 Å². The van der Waals surface area contributed by atoms with E-state index in [9.17, 15) is 4.39 Å². The van der Waals surface area contributed by atoms with Crippen molar-refractivity contribution in [3.05, 3.63) is 29.8 Å².